The Morgan fingerprint density at radius 1 is 1.17 bits per heavy atom. The SMILES string of the molecule is O=C1/C(=C/c2ccco2)Oc2c1ccc(O)c2C[NH+]1CCCCC1. The molecule has 0 spiro atoms. The Labute approximate surface area is 140 Å². The number of allylic oxidation sites excluding steroid dienone is 1. The first-order chi connectivity index (χ1) is 11.7. The van der Waals surface area contributed by atoms with Gasteiger partial charge in [0, 0.05) is 6.08 Å². The summed E-state index contributed by atoms with van der Waals surface area (Å²) in [6.07, 6.45) is 6.82. The van der Waals surface area contributed by atoms with E-state index in [0.29, 0.717) is 23.6 Å². The molecule has 0 aliphatic carbocycles. The fourth-order valence-corrected chi connectivity index (χ4v) is 3.45. The number of quaternary nitrogens is 1. The second-order valence-corrected chi connectivity index (χ2v) is 6.38. The van der Waals surface area contributed by atoms with Crippen molar-refractivity contribution in [2.75, 3.05) is 13.1 Å². The summed E-state index contributed by atoms with van der Waals surface area (Å²) in [6, 6.07) is 6.75. The van der Waals surface area contributed by atoms with Gasteiger partial charge in [-0.3, -0.25) is 4.79 Å². The maximum Gasteiger partial charge on any atom is 0.232 e. The van der Waals surface area contributed by atoms with Gasteiger partial charge in [-0.1, -0.05) is 0 Å². The van der Waals surface area contributed by atoms with Gasteiger partial charge in [0.1, 0.15) is 18.1 Å². The number of furan rings is 1. The number of nitrogens with one attached hydrogen (secondary N) is 1. The Morgan fingerprint density at radius 3 is 2.75 bits per heavy atom. The fourth-order valence-electron chi connectivity index (χ4n) is 3.45. The van der Waals surface area contributed by atoms with Gasteiger partial charge in [0.15, 0.2) is 11.5 Å². The van der Waals surface area contributed by atoms with E-state index in [9.17, 15) is 9.90 Å². The summed E-state index contributed by atoms with van der Waals surface area (Å²) < 4.78 is 11.1. The van der Waals surface area contributed by atoms with Gasteiger partial charge in [-0.15, -0.1) is 0 Å². The third-order valence-corrected chi connectivity index (χ3v) is 4.72. The minimum absolute atomic E-state index is 0.170. The molecular formula is C19H20NO4+. The first-order valence-electron chi connectivity index (χ1n) is 8.38. The molecule has 1 saturated heterocycles. The highest BCUT2D eigenvalue weighted by atomic mass is 16.5. The van der Waals surface area contributed by atoms with Crippen LogP contribution in [0, 0.1) is 0 Å². The lowest BCUT2D eigenvalue weighted by atomic mass is 10.0. The van der Waals surface area contributed by atoms with Crippen LogP contribution < -0.4 is 9.64 Å². The minimum Gasteiger partial charge on any atom is -0.507 e. The lowest BCUT2D eigenvalue weighted by Gasteiger charge is -2.24. The van der Waals surface area contributed by atoms with Crippen molar-refractivity contribution in [1.29, 1.82) is 0 Å². The van der Waals surface area contributed by atoms with E-state index in [-0.39, 0.29) is 17.3 Å². The van der Waals surface area contributed by atoms with Gasteiger partial charge < -0.3 is 19.2 Å². The normalized spacial score (nSPS) is 19.5. The van der Waals surface area contributed by atoms with Gasteiger partial charge in [0.2, 0.25) is 5.78 Å². The summed E-state index contributed by atoms with van der Waals surface area (Å²) in [5.41, 5.74) is 1.23. The zero-order chi connectivity index (χ0) is 16.5. The van der Waals surface area contributed by atoms with Crippen molar-refractivity contribution in [1.82, 2.24) is 0 Å². The van der Waals surface area contributed by atoms with Crippen LogP contribution in [0.5, 0.6) is 11.5 Å². The summed E-state index contributed by atoms with van der Waals surface area (Å²) >= 11 is 0. The number of Topliss-reactive ketones (excluding diaryl/α,β-unsaturated/α-hetero) is 1. The topological polar surface area (TPSA) is 64.1 Å². The molecule has 2 aliphatic rings. The molecule has 2 aliphatic heterocycles. The molecule has 1 aromatic heterocycles. The summed E-state index contributed by atoms with van der Waals surface area (Å²) in [7, 11) is 0. The van der Waals surface area contributed by atoms with Crippen LogP contribution in [0.3, 0.4) is 0 Å². The van der Waals surface area contributed by atoms with E-state index >= 15 is 0 Å². The molecule has 0 unspecified atom stereocenters. The average molecular weight is 326 g/mol. The van der Waals surface area contributed by atoms with Crippen LogP contribution in [0.2, 0.25) is 0 Å². The Balaban J connectivity index is 1.66. The smallest absolute Gasteiger partial charge is 0.232 e. The molecule has 0 saturated carbocycles. The van der Waals surface area contributed by atoms with E-state index in [2.05, 4.69) is 0 Å². The van der Waals surface area contributed by atoms with Gasteiger partial charge in [-0.25, -0.2) is 0 Å². The molecule has 2 aromatic rings. The first kappa shape index (κ1) is 15.0. The number of hydrogen-bond acceptors (Lipinski definition) is 4. The number of fused-ring (bicyclic) bond motifs is 1. The number of phenolic OH excluding ortho intramolecular Hbond substituents is 1. The number of aromatic hydroxyl groups is 1. The van der Waals surface area contributed by atoms with Crippen molar-refractivity contribution in [2.24, 2.45) is 0 Å². The summed E-state index contributed by atoms with van der Waals surface area (Å²) in [5, 5.41) is 10.3. The Bertz CT molecular complexity index is 786. The number of benzene rings is 1. The van der Waals surface area contributed by atoms with Crippen LogP contribution in [0.1, 0.15) is 40.9 Å². The lowest BCUT2D eigenvalue weighted by Crippen LogP contribution is -3.11. The minimum atomic E-state index is -0.170. The maximum atomic E-state index is 12.6. The molecule has 24 heavy (non-hydrogen) atoms. The molecule has 3 heterocycles. The van der Waals surface area contributed by atoms with Gasteiger partial charge in [-0.05, 0) is 43.5 Å². The van der Waals surface area contributed by atoms with Gasteiger partial charge >= 0.3 is 0 Å². The van der Waals surface area contributed by atoms with Gasteiger partial charge in [-0.2, -0.15) is 0 Å². The molecule has 1 aromatic carbocycles. The monoisotopic (exact) mass is 326 g/mol. The molecule has 5 nitrogen and oxygen atoms in total. The number of ketones is 1. The first-order valence-corrected chi connectivity index (χ1v) is 8.38. The standard InChI is InChI=1S/C19H19NO4/c21-16-7-6-14-18(22)17(11-13-5-4-10-23-13)24-19(14)15(16)12-20-8-2-1-3-9-20/h4-7,10-11,21H,1-3,8-9,12H2/p+1/b17-11-. The van der Waals surface area contributed by atoms with E-state index in [1.165, 1.54) is 24.2 Å². The van der Waals surface area contributed by atoms with Crippen LogP contribution in [-0.4, -0.2) is 24.0 Å². The molecule has 0 radical (unpaired) electrons. The highest BCUT2D eigenvalue weighted by molar-refractivity contribution is 6.14. The van der Waals surface area contributed by atoms with E-state index in [1.807, 2.05) is 0 Å². The fraction of sp³-hybridized carbons (Fsp3) is 0.316. The van der Waals surface area contributed by atoms with Crippen molar-refractivity contribution in [3.05, 3.63) is 53.2 Å². The van der Waals surface area contributed by atoms with E-state index in [1.54, 1.807) is 36.6 Å². The van der Waals surface area contributed by atoms with Crippen molar-refractivity contribution in [3.8, 4) is 11.5 Å². The molecular weight excluding hydrogens is 306 g/mol. The molecule has 0 amide bonds. The zero-order valence-corrected chi connectivity index (χ0v) is 13.4. The molecule has 0 atom stereocenters. The van der Waals surface area contributed by atoms with Crippen LogP contribution in [0.15, 0.2) is 40.7 Å². The predicted molar refractivity (Wildman–Crippen MR) is 88.0 cm³/mol. The van der Waals surface area contributed by atoms with Crippen molar-refractivity contribution in [2.45, 2.75) is 25.8 Å². The maximum absolute atomic E-state index is 12.6. The van der Waals surface area contributed by atoms with E-state index < -0.39 is 0 Å². The zero-order valence-electron chi connectivity index (χ0n) is 13.4. The van der Waals surface area contributed by atoms with Gasteiger partial charge in [0.25, 0.3) is 0 Å². The number of carbonyl (C=O) groups is 1. The number of rotatable bonds is 3. The summed E-state index contributed by atoms with van der Waals surface area (Å²) in [4.78, 5) is 14.0. The largest absolute Gasteiger partial charge is 0.507 e. The third kappa shape index (κ3) is 2.71. The predicted octanol–water partition coefficient (Wildman–Crippen LogP) is 2.17. The van der Waals surface area contributed by atoms with Crippen LogP contribution in [0.4, 0.5) is 0 Å². The van der Waals surface area contributed by atoms with E-state index in [0.717, 1.165) is 18.7 Å². The molecule has 0 bridgehead atoms. The summed E-state index contributed by atoms with van der Waals surface area (Å²) in [5.74, 6) is 1.32. The van der Waals surface area contributed by atoms with Crippen molar-refractivity contribution < 1.29 is 24.0 Å². The number of hydrogen-bond donors (Lipinski definition) is 2. The summed E-state index contributed by atoms with van der Waals surface area (Å²) in [6.45, 7) is 2.86. The quantitative estimate of drug-likeness (QED) is 0.849. The second-order valence-electron chi connectivity index (χ2n) is 6.38. The third-order valence-electron chi connectivity index (χ3n) is 4.72. The average Bonchev–Trinajstić information content (AvgIpc) is 3.21. The van der Waals surface area contributed by atoms with Crippen LogP contribution >= 0.6 is 0 Å². The molecule has 1 fully saturated rings. The number of likely N-dealkylation sites (tertiary alicyclic amines) is 1. The Kier molecular flexibility index (Phi) is 3.86. The van der Waals surface area contributed by atoms with Crippen molar-refractivity contribution >= 4 is 11.9 Å². The van der Waals surface area contributed by atoms with Gasteiger partial charge in [0.05, 0.1) is 30.5 Å². The Morgan fingerprint density at radius 2 is 2.00 bits per heavy atom. The number of carbonyl (C=O) groups excluding carboxylic acids is 1. The highest BCUT2D eigenvalue weighted by Gasteiger charge is 2.33. The highest BCUT2D eigenvalue weighted by Crippen LogP contribution is 2.39. The van der Waals surface area contributed by atoms with E-state index in [4.69, 9.17) is 9.15 Å². The Hall–Kier alpha value is -2.53. The molecule has 5 heteroatoms. The molecule has 4 rings (SSSR count). The second kappa shape index (κ2) is 6.17. The number of piperidine rings is 1. The number of phenols is 1. The van der Waals surface area contributed by atoms with Crippen molar-refractivity contribution in [3.63, 3.8) is 0 Å². The molecule has 124 valence electrons. The lowest BCUT2D eigenvalue weighted by molar-refractivity contribution is -0.918. The number of ether oxygens (including phenoxy) is 1. The molecule has 2 N–H and O–H groups in total. The van der Waals surface area contributed by atoms with Crippen LogP contribution in [0.25, 0.3) is 6.08 Å². The van der Waals surface area contributed by atoms with Crippen LogP contribution in [-0.2, 0) is 6.54 Å².